The van der Waals surface area contributed by atoms with Gasteiger partial charge < -0.3 is 5.32 Å². The van der Waals surface area contributed by atoms with Gasteiger partial charge in [-0.3, -0.25) is 4.79 Å². The van der Waals surface area contributed by atoms with E-state index in [1.807, 2.05) is 0 Å². The lowest BCUT2D eigenvalue weighted by Crippen LogP contribution is -2.30. The van der Waals surface area contributed by atoms with Gasteiger partial charge >= 0.3 is 0 Å². The molecule has 8 heavy (non-hydrogen) atoms. The lowest BCUT2D eigenvalue weighted by molar-refractivity contribution is -0.123. The van der Waals surface area contributed by atoms with Crippen LogP contribution < -0.4 is 5.32 Å². The molecule has 1 N–H and O–H groups in total. The maximum Gasteiger partial charge on any atom is 0.223 e. The molecule has 2 fully saturated rings. The highest BCUT2D eigenvalue weighted by Crippen LogP contribution is 2.42. The van der Waals surface area contributed by atoms with Gasteiger partial charge in [0.05, 0.1) is 0 Å². The topological polar surface area (TPSA) is 29.1 Å². The first-order valence-electron chi connectivity index (χ1n) is 3.15. The zero-order chi connectivity index (χ0) is 5.56. The van der Waals surface area contributed by atoms with Crippen LogP contribution >= 0.6 is 0 Å². The Labute approximate surface area is 48.3 Å². The van der Waals surface area contributed by atoms with Gasteiger partial charge in [0.2, 0.25) is 5.91 Å². The van der Waals surface area contributed by atoms with E-state index < -0.39 is 0 Å². The molecule has 2 aliphatic rings. The van der Waals surface area contributed by atoms with Crippen molar-refractivity contribution in [3.05, 3.63) is 0 Å². The summed E-state index contributed by atoms with van der Waals surface area (Å²) in [7, 11) is 0. The van der Waals surface area contributed by atoms with Crippen LogP contribution in [0.1, 0.15) is 12.8 Å². The number of hydrogen-bond donors (Lipinski definition) is 1. The molecule has 1 heterocycles. The summed E-state index contributed by atoms with van der Waals surface area (Å²) in [6.45, 7) is 0.917. The predicted molar refractivity (Wildman–Crippen MR) is 29.2 cm³/mol. The molecule has 1 saturated carbocycles. The van der Waals surface area contributed by atoms with E-state index >= 15 is 0 Å². The molecule has 1 amide bonds. The van der Waals surface area contributed by atoms with Crippen molar-refractivity contribution in [3.63, 3.8) is 0 Å². The van der Waals surface area contributed by atoms with Gasteiger partial charge in [-0.1, -0.05) is 0 Å². The molecule has 2 heteroatoms. The van der Waals surface area contributed by atoms with Crippen LogP contribution in [0.25, 0.3) is 0 Å². The van der Waals surface area contributed by atoms with Gasteiger partial charge in [0.1, 0.15) is 0 Å². The first-order chi connectivity index (χ1) is 3.88. The first-order valence-corrected chi connectivity index (χ1v) is 3.15. The Kier molecular flexibility index (Phi) is 0.678. The average Bonchev–Trinajstić information content (AvgIpc) is 2.45. The summed E-state index contributed by atoms with van der Waals surface area (Å²) >= 11 is 0. The molecular formula is C6H9NO. The van der Waals surface area contributed by atoms with Crippen molar-refractivity contribution >= 4 is 5.91 Å². The van der Waals surface area contributed by atoms with Crippen LogP contribution in [0.5, 0.6) is 0 Å². The van der Waals surface area contributed by atoms with Gasteiger partial charge in [-0.05, 0) is 18.8 Å². The molecule has 2 rings (SSSR count). The van der Waals surface area contributed by atoms with Crippen molar-refractivity contribution in [1.29, 1.82) is 0 Å². The van der Waals surface area contributed by atoms with Crippen LogP contribution in [0.15, 0.2) is 0 Å². The molecule has 0 bridgehead atoms. The van der Waals surface area contributed by atoms with Crippen molar-refractivity contribution in [2.45, 2.75) is 12.8 Å². The van der Waals surface area contributed by atoms with E-state index in [-0.39, 0.29) is 0 Å². The third-order valence-electron chi connectivity index (χ3n) is 2.07. The highest BCUT2D eigenvalue weighted by Gasteiger charge is 2.44. The number of amides is 1. The summed E-state index contributed by atoms with van der Waals surface area (Å²) in [6, 6.07) is 0. The average molecular weight is 111 g/mol. The fourth-order valence-electron chi connectivity index (χ4n) is 1.40. The summed E-state index contributed by atoms with van der Waals surface area (Å²) in [5.41, 5.74) is 0. The third-order valence-corrected chi connectivity index (χ3v) is 2.07. The number of carbonyl (C=O) groups excluding carboxylic acids is 1. The summed E-state index contributed by atoms with van der Waals surface area (Å²) < 4.78 is 0. The normalized spacial score (nSPS) is 42.8. The molecule has 2 nitrogen and oxygen atoms in total. The summed E-state index contributed by atoms with van der Waals surface area (Å²) in [5, 5.41) is 2.83. The van der Waals surface area contributed by atoms with Gasteiger partial charge in [0, 0.05) is 12.5 Å². The Bertz CT molecular complexity index is 132. The van der Waals surface area contributed by atoms with Crippen LogP contribution in [-0.2, 0) is 4.79 Å². The highest BCUT2D eigenvalue weighted by atomic mass is 16.2. The van der Waals surface area contributed by atoms with Crippen LogP contribution in [0.3, 0.4) is 0 Å². The number of rotatable bonds is 0. The molecule has 1 saturated heterocycles. The van der Waals surface area contributed by atoms with Crippen LogP contribution in [0, 0.1) is 11.8 Å². The molecule has 44 valence electrons. The van der Waals surface area contributed by atoms with Crippen molar-refractivity contribution < 1.29 is 4.79 Å². The smallest absolute Gasteiger partial charge is 0.223 e. The summed E-state index contributed by atoms with van der Waals surface area (Å²) in [4.78, 5) is 10.7. The second-order valence-electron chi connectivity index (χ2n) is 2.68. The van der Waals surface area contributed by atoms with E-state index in [0.717, 1.165) is 18.9 Å². The molecule has 0 aromatic carbocycles. The number of nitrogens with one attached hydrogen (secondary N) is 1. The first kappa shape index (κ1) is 4.36. The lowest BCUT2D eigenvalue weighted by atomic mass is 10.2. The van der Waals surface area contributed by atoms with E-state index in [1.165, 1.54) is 6.42 Å². The minimum absolute atomic E-state index is 0.293. The standard InChI is InChI=1S/C6H9NO/c8-6-5-3-4(5)1-2-7-6/h4-5H,1-3H2,(H,7,8). The summed E-state index contributed by atoms with van der Waals surface area (Å²) in [5.74, 6) is 1.48. The van der Waals surface area contributed by atoms with Crippen molar-refractivity contribution in [3.8, 4) is 0 Å². The molecule has 1 aliphatic carbocycles. The monoisotopic (exact) mass is 111 g/mol. The van der Waals surface area contributed by atoms with Crippen molar-refractivity contribution in [1.82, 2.24) is 5.32 Å². The van der Waals surface area contributed by atoms with E-state index in [1.54, 1.807) is 0 Å². The van der Waals surface area contributed by atoms with E-state index in [2.05, 4.69) is 5.32 Å². The predicted octanol–water partition coefficient (Wildman–Crippen LogP) is 0.142. The maximum atomic E-state index is 10.7. The zero-order valence-corrected chi connectivity index (χ0v) is 4.68. The summed E-state index contributed by atoms with van der Waals surface area (Å²) in [6.07, 6.45) is 2.38. The van der Waals surface area contributed by atoms with Gasteiger partial charge in [0.15, 0.2) is 0 Å². The highest BCUT2D eigenvalue weighted by molar-refractivity contribution is 5.82. The molecule has 2 unspecified atom stereocenters. The molecule has 0 radical (unpaired) electrons. The second kappa shape index (κ2) is 1.24. The lowest BCUT2D eigenvalue weighted by Gasteiger charge is -2.08. The largest absolute Gasteiger partial charge is 0.356 e. The third kappa shape index (κ3) is 0.457. The molecule has 0 aromatic rings. The molecule has 1 aliphatic heterocycles. The number of piperidine rings is 1. The molecular weight excluding hydrogens is 102 g/mol. The van der Waals surface area contributed by atoms with Gasteiger partial charge in [0.25, 0.3) is 0 Å². The Morgan fingerprint density at radius 2 is 2.50 bits per heavy atom. The number of fused-ring (bicyclic) bond motifs is 1. The molecule has 0 spiro atoms. The van der Waals surface area contributed by atoms with Crippen LogP contribution in [0.4, 0.5) is 0 Å². The molecule has 0 aromatic heterocycles. The minimum atomic E-state index is 0.293. The Morgan fingerprint density at radius 3 is 3.12 bits per heavy atom. The Hall–Kier alpha value is -0.530. The van der Waals surface area contributed by atoms with Crippen molar-refractivity contribution in [2.24, 2.45) is 11.8 Å². The SMILES string of the molecule is O=C1NCCC2CC12. The van der Waals surface area contributed by atoms with Crippen molar-refractivity contribution in [2.75, 3.05) is 6.54 Å². The van der Waals surface area contributed by atoms with Crippen LogP contribution in [0.2, 0.25) is 0 Å². The van der Waals surface area contributed by atoms with Gasteiger partial charge in [-0.15, -0.1) is 0 Å². The number of hydrogen-bond acceptors (Lipinski definition) is 1. The van der Waals surface area contributed by atoms with Crippen LogP contribution in [-0.4, -0.2) is 12.5 Å². The minimum Gasteiger partial charge on any atom is -0.356 e. The maximum absolute atomic E-state index is 10.7. The quantitative estimate of drug-likeness (QED) is 0.473. The zero-order valence-electron chi connectivity index (χ0n) is 4.68. The van der Waals surface area contributed by atoms with E-state index in [4.69, 9.17) is 0 Å². The van der Waals surface area contributed by atoms with E-state index in [9.17, 15) is 4.79 Å². The fourth-order valence-corrected chi connectivity index (χ4v) is 1.40. The molecule has 2 atom stereocenters. The fraction of sp³-hybridized carbons (Fsp3) is 0.833. The van der Waals surface area contributed by atoms with Gasteiger partial charge in [-0.2, -0.15) is 0 Å². The second-order valence-corrected chi connectivity index (χ2v) is 2.68. The Balaban J connectivity index is 2.08. The van der Waals surface area contributed by atoms with Gasteiger partial charge in [-0.25, -0.2) is 0 Å². The number of carbonyl (C=O) groups is 1. The van der Waals surface area contributed by atoms with E-state index in [0.29, 0.717) is 11.8 Å². The Morgan fingerprint density at radius 1 is 1.62 bits per heavy atom.